The van der Waals surface area contributed by atoms with Crippen LogP contribution in [0.5, 0.6) is 0 Å². The molecule has 1 aromatic rings. The van der Waals surface area contributed by atoms with Gasteiger partial charge in [0.2, 0.25) is 15.9 Å². The van der Waals surface area contributed by atoms with Gasteiger partial charge in [0.1, 0.15) is 6.04 Å². The minimum atomic E-state index is -3.64. The summed E-state index contributed by atoms with van der Waals surface area (Å²) in [6, 6.07) is 6.25. The van der Waals surface area contributed by atoms with Gasteiger partial charge >= 0.3 is 0 Å². The number of nitrogens with one attached hydrogen (secondary N) is 1. The van der Waals surface area contributed by atoms with Gasteiger partial charge < -0.3 is 5.32 Å². The van der Waals surface area contributed by atoms with E-state index in [0.29, 0.717) is 25.3 Å². The third-order valence-corrected chi connectivity index (χ3v) is 6.62. The van der Waals surface area contributed by atoms with Crippen molar-refractivity contribution in [1.82, 2.24) is 9.62 Å². The first-order valence-corrected chi connectivity index (χ1v) is 10.5. The minimum Gasteiger partial charge on any atom is -0.352 e. The Balaban J connectivity index is 2.08. The number of rotatable bonds is 7. The molecule has 1 aliphatic rings. The van der Waals surface area contributed by atoms with E-state index in [1.807, 2.05) is 13.8 Å². The number of hydrogen-bond acceptors (Lipinski definition) is 3. The van der Waals surface area contributed by atoms with Crippen LogP contribution in [0.2, 0.25) is 0 Å². The first-order valence-electron chi connectivity index (χ1n) is 9.10. The van der Waals surface area contributed by atoms with Crippen LogP contribution in [-0.4, -0.2) is 37.3 Å². The SMILES string of the molecule is Cc1ccc(S(=O)(=O)N2CCC[C@H]2C(=O)NC(C)CCC(C)C)cc1. The van der Waals surface area contributed by atoms with Gasteiger partial charge in [0.15, 0.2) is 0 Å². The second kappa shape index (κ2) is 8.32. The van der Waals surface area contributed by atoms with Gasteiger partial charge in [0.05, 0.1) is 4.90 Å². The molecule has 0 aliphatic carbocycles. The highest BCUT2D eigenvalue weighted by Gasteiger charge is 2.39. The summed E-state index contributed by atoms with van der Waals surface area (Å²) in [6.07, 6.45) is 3.23. The predicted molar refractivity (Wildman–Crippen MR) is 99.8 cm³/mol. The summed E-state index contributed by atoms with van der Waals surface area (Å²) >= 11 is 0. The summed E-state index contributed by atoms with van der Waals surface area (Å²) in [5, 5.41) is 2.99. The van der Waals surface area contributed by atoms with Crippen LogP contribution in [-0.2, 0) is 14.8 Å². The topological polar surface area (TPSA) is 66.5 Å². The lowest BCUT2D eigenvalue weighted by Gasteiger charge is -2.25. The van der Waals surface area contributed by atoms with E-state index >= 15 is 0 Å². The smallest absolute Gasteiger partial charge is 0.243 e. The van der Waals surface area contributed by atoms with E-state index in [1.165, 1.54) is 4.31 Å². The van der Waals surface area contributed by atoms with Gasteiger partial charge in [-0.05, 0) is 57.6 Å². The van der Waals surface area contributed by atoms with Gasteiger partial charge in [-0.15, -0.1) is 0 Å². The number of sulfonamides is 1. The van der Waals surface area contributed by atoms with Crippen molar-refractivity contribution in [3.63, 3.8) is 0 Å². The third-order valence-electron chi connectivity index (χ3n) is 4.70. The largest absolute Gasteiger partial charge is 0.352 e. The molecule has 1 N–H and O–H groups in total. The lowest BCUT2D eigenvalue weighted by molar-refractivity contribution is -0.124. The molecule has 2 atom stereocenters. The fourth-order valence-electron chi connectivity index (χ4n) is 3.13. The monoisotopic (exact) mass is 366 g/mol. The molecule has 1 unspecified atom stereocenters. The number of benzene rings is 1. The van der Waals surface area contributed by atoms with Crippen LogP contribution in [0.4, 0.5) is 0 Å². The number of carbonyl (C=O) groups is 1. The molecular formula is C19H30N2O3S. The second-order valence-electron chi connectivity index (χ2n) is 7.47. The molecule has 0 radical (unpaired) electrons. The molecule has 25 heavy (non-hydrogen) atoms. The van der Waals surface area contributed by atoms with E-state index in [9.17, 15) is 13.2 Å². The van der Waals surface area contributed by atoms with Crippen LogP contribution in [0.25, 0.3) is 0 Å². The van der Waals surface area contributed by atoms with Crippen LogP contribution in [0.15, 0.2) is 29.2 Å². The summed E-state index contributed by atoms with van der Waals surface area (Å²) in [5.41, 5.74) is 1.01. The molecule has 2 rings (SSSR count). The summed E-state index contributed by atoms with van der Waals surface area (Å²) in [4.78, 5) is 12.9. The van der Waals surface area contributed by atoms with Gasteiger partial charge in [-0.1, -0.05) is 31.5 Å². The number of amides is 1. The predicted octanol–water partition coefficient (Wildman–Crippen LogP) is 3.09. The first kappa shape index (κ1) is 19.9. The van der Waals surface area contributed by atoms with Gasteiger partial charge in [-0.25, -0.2) is 8.42 Å². The van der Waals surface area contributed by atoms with Crippen molar-refractivity contribution in [2.75, 3.05) is 6.54 Å². The number of aryl methyl sites for hydroxylation is 1. The number of carbonyl (C=O) groups excluding carboxylic acids is 1. The highest BCUT2D eigenvalue weighted by molar-refractivity contribution is 7.89. The average Bonchev–Trinajstić information content (AvgIpc) is 3.04. The molecule has 1 amide bonds. The maximum absolute atomic E-state index is 12.9. The molecule has 1 saturated heterocycles. The molecule has 0 saturated carbocycles. The van der Waals surface area contributed by atoms with Gasteiger partial charge in [0.25, 0.3) is 0 Å². The fourth-order valence-corrected chi connectivity index (χ4v) is 4.79. The minimum absolute atomic E-state index is 0.0550. The lowest BCUT2D eigenvalue weighted by Crippen LogP contribution is -2.48. The zero-order chi connectivity index (χ0) is 18.6. The summed E-state index contributed by atoms with van der Waals surface area (Å²) < 4.78 is 27.2. The van der Waals surface area contributed by atoms with Crippen molar-refractivity contribution in [2.24, 2.45) is 5.92 Å². The van der Waals surface area contributed by atoms with Crippen molar-refractivity contribution in [2.45, 2.75) is 70.4 Å². The van der Waals surface area contributed by atoms with E-state index in [4.69, 9.17) is 0 Å². The molecule has 1 aromatic carbocycles. The van der Waals surface area contributed by atoms with Crippen molar-refractivity contribution in [3.05, 3.63) is 29.8 Å². The molecule has 6 heteroatoms. The number of hydrogen-bond donors (Lipinski definition) is 1. The van der Waals surface area contributed by atoms with E-state index in [1.54, 1.807) is 24.3 Å². The summed E-state index contributed by atoms with van der Waals surface area (Å²) in [6.45, 7) is 8.60. The van der Waals surface area contributed by atoms with Crippen molar-refractivity contribution >= 4 is 15.9 Å². The van der Waals surface area contributed by atoms with Crippen molar-refractivity contribution < 1.29 is 13.2 Å². The van der Waals surface area contributed by atoms with Gasteiger partial charge in [-0.3, -0.25) is 4.79 Å². The fraction of sp³-hybridized carbons (Fsp3) is 0.632. The van der Waals surface area contributed by atoms with E-state index in [0.717, 1.165) is 18.4 Å². The molecule has 0 bridgehead atoms. The lowest BCUT2D eigenvalue weighted by atomic mass is 10.0. The van der Waals surface area contributed by atoms with E-state index in [2.05, 4.69) is 19.2 Å². The highest BCUT2D eigenvalue weighted by atomic mass is 32.2. The molecule has 1 fully saturated rings. The Bertz CT molecular complexity index is 683. The van der Waals surface area contributed by atoms with Crippen LogP contribution < -0.4 is 5.32 Å². The Morgan fingerprint density at radius 2 is 1.84 bits per heavy atom. The Morgan fingerprint density at radius 3 is 2.44 bits per heavy atom. The second-order valence-corrected chi connectivity index (χ2v) is 9.36. The number of nitrogens with zero attached hydrogens (tertiary/aromatic N) is 1. The highest BCUT2D eigenvalue weighted by Crippen LogP contribution is 2.26. The Morgan fingerprint density at radius 1 is 1.20 bits per heavy atom. The molecular weight excluding hydrogens is 336 g/mol. The van der Waals surface area contributed by atoms with Crippen LogP contribution in [0.1, 0.15) is 52.0 Å². The standard InChI is InChI=1S/C19H30N2O3S/c1-14(2)7-10-16(4)20-19(22)18-6-5-13-21(18)25(23,24)17-11-8-15(3)9-12-17/h8-9,11-12,14,16,18H,5-7,10,13H2,1-4H3,(H,20,22)/t16?,18-/m0/s1. The summed E-state index contributed by atoms with van der Waals surface area (Å²) in [7, 11) is -3.64. The molecule has 0 spiro atoms. The molecule has 1 aliphatic heterocycles. The van der Waals surface area contributed by atoms with Crippen LogP contribution >= 0.6 is 0 Å². The van der Waals surface area contributed by atoms with Crippen molar-refractivity contribution in [3.8, 4) is 0 Å². The molecule has 0 aromatic heterocycles. The van der Waals surface area contributed by atoms with E-state index < -0.39 is 16.1 Å². The maximum Gasteiger partial charge on any atom is 0.243 e. The Labute approximate surface area is 151 Å². The van der Waals surface area contributed by atoms with Gasteiger partial charge in [-0.2, -0.15) is 4.31 Å². The maximum atomic E-state index is 12.9. The van der Waals surface area contributed by atoms with Crippen LogP contribution in [0.3, 0.4) is 0 Å². The molecule has 5 nitrogen and oxygen atoms in total. The normalized spacial score (nSPS) is 20.0. The van der Waals surface area contributed by atoms with Crippen molar-refractivity contribution in [1.29, 1.82) is 0 Å². The third kappa shape index (κ3) is 5.05. The zero-order valence-electron chi connectivity index (χ0n) is 15.7. The van der Waals surface area contributed by atoms with E-state index in [-0.39, 0.29) is 16.8 Å². The quantitative estimate of drug-likeness (QED) is 0.806. The first-order chi connectivity index (χ1) is 11.7. The Hall–Kier alpha value is -1.40. The average molecular weight is 367 g/mol. The Kier molecular flexibility index (Phi) is 6.63. The van der Waals surface area contributed by atoms with Crippen LogP contribution in [0, 0.1) is 12.8 Å². The zero-order valence-corrected chi connectivity index (χ0v) is 16.5. The molecule has 1 heterocycles. The van der Waals surface area contributed by atoms with Gasteiger partial charge in [0, 0.05) is 12.6 Å². The molecule has 140 valence electrons. The summed E-state index contributed by atoms with van der Waals surface area (Å²) in [5.74, 6) is 0.411.